The molecule has 0 spiro atoms. The molecule has 3 heterocycles. The quantitative estimate of drug-likeness (QED) is 0.662. The Morgan fingerprint density at radius 1 is 1.16 bits per heavy atom. The van der Waals surface area contributed by atoms with Crippen molar-refractivity contribution in [2.24, 2.45) is 5.92 Å². The highest BCUT2D eigenvalue weighted by molar-refractivity contribution is 6.33. The minimum Gasteiger partial charge on any atom is -0.454 e. The molecule has 1 aromatic carbocycles. The maximum absolute atomic E-state index is 12.8. The maximum atomic E-state index is 12.8. The van der Waals surface area contributed by atoms with Gasteiger partial charge in [-0.2, -0.15) is 13.2 Å². The van der Waals surface area contributed by atoms with E-state index in [2.05, 4.69) is 10.3 Å². The van der Waals surface area contributed by atoms with Crippen LogP contribution in [0.3, 0.4) is 0 Å². The van der Waals surface area contributed by atoms with Crippen LogP contribution in [0, 0.1) is 5.92 Å². The number of alkyl halides is 3. The molecule has 0 atom stereocenters. The molecule has 32 heavy (non-hydrogen) atoms. The fourth-order valence-electron chi connectivity index (χ4n) is 3.74. The van der Waals surface area contributed by atoms with Gasteiger partial charge in [-0.1, -0.05) is 11.6 Å². The SMILES string of the molecule is CC(=O)c1cc2c(cc1NC(=O)C1CCN(c3ncc(C(F)(F)F)cc3Cl)CC1)OCO2. The van der Waals surface area contributed by atoms with Gasteiger partial charge in [0.2, 0.25) is 12.7 Å². The topological polar surface area (TPSA) is 80.8 Å². The van der Waals surface area contributed by atoms with Gasteiger partial charge in [-0.25, -0.2) is 4.98 Å². The summed E-state index contributed by atoms with van der Waals surface area (Å²) in [6.07, 6.45) is -2.87. The number of piperidine rings is 1. The number of benzene rings is 1. The third-order valence-corrected chi connectivity index (χ3v) is 5.74. The molecule has 1 N–H and O–H groups in total. The molecule has 2 aromatic rings. The Labute approximate surface area is 186 Å². The molecule has 0 unspecified atom stereocenters. The van der Waals surface area contributed by atoms with Crippen LogP contribution in [0.15, 0.2) is 24.4 Å². The highest BCUT2D eigenvalue weighted by Gasteiger charge is 2.33. The first-order chi connectivity index (χ1) is 15.1. The number of carbonyl (C=O) groups excluding carboxylic acids is 2. The van der Waals surface area contributed by atoms with E-state index < -0.39 is 11.7 Å². The molecule has 0 radical (unpaired) electrons. The number of rotatable bonds is 4. The Kier molecular flexibility index (Phi) is 5.89. The number of aromatic nitrogens is 1. The summed E-state index contributed by atoms with van der Waals surface area (Å²) in [6.45, 7) is 2.24. The number of nitrogens with one attached hydrogen (secondary N) is 1. The Bertz CT molecular complexity index is 1070. The van der Waals surface area contributed by atoms with Gasteiger partial charge in [0.25, 0.3) is 0 Å². The molecule has 2 aliphatic rings. The summed E-state index contributed by atoms with van der Waals surface area (Å²) in [5.41, 5.74) is -0.243. The van der Waals surface area contributed by atoms with Crippen molar-refractivity contribution in [1.29, 1.82) is 0 Å². The molecule has 0 bridgehead atoms. The molecule has 1 saturated heterocycles. The summed E-state index contributed by atoms with van der Waals surface area (Å²) in [5.74, 6) is 0.331. The van der Waals surface area contributed by atoms with E-state index >= 15 is 0 Å². The van der Waals surface area contributed by atoms with Gasteiger partial charge < -0.3 is 19.7 Å². The molecule has 4 rings (SSSR count). The Morgan fingerprint density at radius 2 is 1.81 bits per heavy atom. The molecule has 7 nitrogen and oxygen atoms in total. The summed E-state index contributed by atoms with van der Waals surface area (Å²) >= 11 is 6.03. The molecule has 11 heteroatoms. The van der Waals surface area contributed by atoms with E-state index in [0.29, 0.717) is 48.7 Å². The Hall–Kier alpha value is -3.01. The summed E-state index contributed by atoms with van der Waals surface area (Å²) in [5, 5.41) is 2.71. The standard InChI is InChI=1S/C21H19ClF3N3O4/c1-11(29)14-7-17-18(32-10-31-17)8-16(14)27-20(30)12-2-4-28(5-3-12)19-15(22)6-13(9-26-19)21(23,24)25/h6-9,12H,2-5,10H2,1H3,(H,27,30). The smallest absolute Gasteiger partial charge is 0.417 e. The van der Waals surface area contributed by atoms with E-state index in [1.807, 2.05) is 0 Å². The van der Waals surface area contributed by atoms with Crippen LogP contribution in [0.1, 0.15) is 35.7 Å². The van der Waals surface area contributed by atoms with E-state index in [0.717, 1.165) is 12.3 Å². The van der Waals surface area contributed by atoms with Crippen molar-refractivity contribution in [3.05, 3.63) is 40.5 Å². The molecule has 1 amide bonds. The third-order valence-electron chi connectivity index (χ3n) is 5.46. The van der Waals surface area contributed by atoms with Crippen LogP contribution in [0.25, 0.3) is 0 Å². The predicted octanol–water partition coefficient (Wildman–Crippen LogP) is 4.54. The minimum absolute atomic E-state index is 0.0447. The molecule has 2 aliphatic heterocycles. The number of nitrogens with zero attached hydrogens (tertiary/aromatic N) is 2. The highest BCUT2D eigenvalue weighted by Crippen LogP contribution is 2.38. The predicted molar refractivity (Wildman–Crippen MR) is 110 cm³/mol. The number of hydrogen-bond donors (Lipinski definition) is 1. The number of ether oxygens (including phenoxy) is 2. The molecule has 0 aliphatic carbocycles. The van der Waals surface area contributed by atoms with Gasteiger partial charge >= 0.3 is 6.18 Å². The van der Waals surface area contributed by atoms with Crippen LogP contribution >= 0.6 is 11.6 Å². The van der Waals surface area contributed by atoms with Crippen molar-refractivity contribution in [2.45, 2.75) is 25.9 Å². The first kappa shape index (κ1) is 22.2. The monoisotopic (exact) mass is 469 g/mol. The van der Waals surface area contributed by atoms with Gasteiger partial charge in [-0.15, -0.1) is 0 Å². The van der Waals surface area contributed by atoms with Crippen LogP contribution in [0.5, 0.6) is 11.5 Å². The summed E-state index contributed by atoms with van der Waals surface area (Å²) in [6, 6.07) is 3.96. The van der Waals surface area contributed by atoms with Crippen molar-refractivity contribution in [3.8, 4) is 11.5 Å². The number of amides is 1. The molecular weight excluding hydrogens is 451 g/mol. The van der Waals surface area contributed by atoms with Crippen LogP contribution < -0.4 is 19.7 Å². The number of halogens is 4. The largest absolute Gasteiger partial charge is 0.454 e. The minimum atomic E-state index is -4.52. The lowest BCUT2D eigenvalue weighted by molar-refractivity contribution is -0.137. The second kappa shape index (κ2) is 8.50. The van der Waals surface area contributed by atoms with Gasteiger partial charge in [0.15, 0.2) is 17.3 Å². The van der Waals surface area contributed by atoms with Gasteiger partial charge in [0.1, 0.15) is 5.82 Å². The maximum Gasteiger partial charge on any atom is 0.417 e. The first-order valence-corrected chi connectivity index (χ1v) is 10.2. The lowest BCUT2D eigenvalue weighted by Gasteiger charge is -2.32. The fourth-order valence-corrected chi connectivity index (χ4v) is 4.03. The third kappa shape index (κ3) is 4.45. The number of pyridine rings is 1. The molecular formula is C21H19ClF3N3O4. The molecule has 1 aromatic heterocycles. The number of fused-ring (bicyclic) bond motifs is 1. The van der Waals surface area contributed by atoms with Crippen molar-refractivity contribution >= 4 is 34.8 Å². The van der Waals surface area contributed by atoms with E-state index in [4.69, 9.17) is 21.1 Å². The van der Waals surface area contributed by atoms with Crippen molar-refractivity contribution in [3.63, 3.8) is 0 Å². The molecule has 170 valence electrons. The van der Waals surface area contributed by atoms with Crippen molar-refractivity contribution in [1.82, 2.24) is 4.98 Å². The number of carbonyl (C=O) groups is 2. The lowest BCUT2D eigenvalue weighted by Crippen LogP contribution is -2.38. The van der Waals surface area contributed by atoms with Crippen molar-refractivity contribution in [2.75, 3.05) is 30.1 Å². The average Bonchev–Trinajstić information content (AvgIpc) is 3.20. The number of anilines is 2. The van der Waals surface area contributed by atoms with E-state index in [1.165, 1.54) is 6.92 Å². The zero-order chi connectivity index (χ0) is 23.0. The Balaban J connectivity index is 1.42. The first-order valence-electron chi connectivity index (χ1n) is 9.86. The zero-order valence-electron chi connectivity index (χ0n) is 17.0. The number of Topliss-reactive ketones (excluding diaryl/α,β-unsaturated/α-hetero) is 1. The van der Waals surface area contributed by atoms with Gasteiger partial charge in [0, 0.05) is 36.8 Å². The normalized spacial score (nSPS) is 16.2. The van der Waals surface area contributed by atoms with Crippen LogP contribution in [-0.2, 0) is 11.0 Å². The highest BCUT2D eigenvalue weighted by atomic mass is 35.5. The number of ketones is 1. The lowest BCUT2D eigenvalue weighted by atomic mass is 9.95. The zero-order valence-corrected chi connectivity index (χ0v) is 17.7. The van der Waals surface area contributed by atoms with Crippen LogP contribution in [0.2, 0.25) is 5.02 Å². The second-order valence-corrected chi connectivity index (χ2v) is 7.99. The summed E-state index contributed by atoms with van der Waals surface area (Å²) in [7, 11) is 0. The van der Waals surface area contributed by atoms with Gasteiger partial charge in [-0.3, -0.25) is 9.59 Å². The van der Waals surface area contributed by atoms with Crippen molar-refractivity contribution < 1.29 is 32.2 Å². The fraction of sp³-hybridized carbons (Fsp3) is 0.381. The van der Waals surface area contributed by atoms with Gasteiger partial charge in [-0.05, 0) is 31.9 Å². The molecule has 0 saturated carbocycles. The number of hydrogen-bond acceptors (Lipinski definition) is 6. The molecule has 1 fully saturated rings. The van der Waals surface area contributed by atoms with Crippen LogP contribution in [-0.4, -0.2) is 36.6 Å². The Morgan fingerprint density at radius 3 is 2.41 bits per heavy atom. The van der Waals surface area contributed by atoms with E-state index in [1.54, 1.807) is 17.0 Å². The average molecular weight is 470 g/mol. The van der Waals surface area contributed by atoms with E-state index in [-0.39, 0.29) is 35.2 Å². The summed E-state index contributed by atoms with van der Waals surface area (Å²) < 4.78 is 49.1. The summed E-state index contributed by atoms with van der Waals surface area (Å²) in [4.78, 5) is 30.5. The van der Waals surface area contributed by atoms with Crippen LogP contribution in [0.4, 0.5) is 24.7 Å². The van der Waals surface area contributed by atoms with Gasteiger partial charge in [0.05, 0.1) is 16.3 Å². The second-order valence-electron chi connectivity index (χ2n) is 7.58. The van der Waals surface area contributed by atoms with E-state index in [9.17, 15) is 22.8 Å².